The van der Waals surface area contributed by atoms with Gasteiger partial charge in [0.05, 0.1) is 16.9 Å². The van der Waals surface area contributed by atoms with Crippen LogP contribution in [0, 0.1) is 21.8 Å². The maximum absolute atomic E-state index is 14.7. The number of carboxylic acid groups (broad SMARTS) is 1. The van der Waals surface area contributed by atoms with E-state index in [1.807, 2.05) is 0 Å². The average molecular weight is 384 g/mol. The van der Waals surface area contributed by atoms with Gasteiger partial charge in [0.15, 0.2) is 17.3 Å². The highest BCUT2D eigenvalue weighted by Gasteiger charge is 2.30. The zero-order valence-electron chi connectivity index (χ0n) is 13.9. The lowest BCUT2D eigenvalue weighted by Crippen LogP contribution is -2.39. The van der Waals surface area contributed by atoms with Crippen LogP contribution in [0.15, 0.2) is 12.1 Å². The fraction of sp³-hybridized carbons (Fsp3) is 0.400. The predicted molar refractivity (Wildman–Crippen MR) is 88.0 cm³/mol. The third-order valence-electron chi connectivity index (χ3n) is 4.17. The zero-order chi connectivity index (χ0) is 20.1. The molecule has 0 radical (unpaired) electrons. The molecule has 11 nitrogen and oxygen atoms in total. The lowest BCUT2D eigenvalue weighted by atomic mass is 9.87. The average Bonchev–Trinajstić information content (AvgIpc) is 2.64. The number of carboxylic acids is 1. The molecule has 0 aliphatic heterocycles. The molecule has 1 fully saturated rings. The Labute approximate surface area is 151 Å². The maximum atomic E-state index is 14.7. The van der Waals surface area contributed by atoms with E-state index in [9.17, 15) is 28.9 Å². The number of rotatable bonds is 5. The van der Waals surface area contributed by atoms with Gasteiger partial charge in [-0.3, -0.25) is 29.9 Å². The highest BCUT2D eigenvalue weighted by atomic mass is 19.1. The van der Waals surface area contributed by atoms with Crippen molar-refractivity contribution < 1.29 is 33.5 Å². The van der Waals surface area contributed by atoms with E-state index < -0.39 is 51.9 Å². The van der Waals surface area contributed by atoms with Crippen molar-refractivity contribution in [1.29, 1.82) is 0 Å². The van der Waals surface area contributed by atoms with Crippen LogP contribution in [0.4, 0.5) is 15.8 Å². The summed E-state index contributed by atoms with van der Waals surface area (Å²) in [4.78, 5) is 43.8. The summed E-state index contributed by atoms with van der Waals surface area (Å²) < 4.78 is 20.2. The number of nitro groups is 1. The first-order valence-corrected chi connectivity index (χ1v) is 7.92. The topological polar surface area (TPSA) is 174 Å². The third-order valence-corrected chi connectivity index (χ3v) is 4.17. The van der Waals surface area contributed by atoms with Crippen LogP contribution in [0.1, 0.15) is 25.7 Å². The van der Waals surface area contributed by atoms with E-state index in [-0.39, 0.29) is 5.75 Å². The van der Waals surface area contributed by atoms with Crippen LogP contribution in [-0.4, -0.2) is 33.9 Å². The highest BCUT2D eigenvalue weighted by Crippen LogP contribution is 2.36. The number of nitro benzene ring substituents is 1. The summed E-state index contributed by atoms with van der Waals surface area (Å²) in [6.45, 7) is 0. The fourth-order valence-electron chi connectivity index (χ4n) is 2.75. The number of hydrogen-bond acceptors (Lipinski definition) is 7. The maximum Gasteiger partial charge on any atom is 0.323 e. The molecule has 1 aromatic carbocycles. The van der Waals surface area contributed by atoms with Gasteiger partial charge in [0.25, 0.3) is 5.69 Å². The minimum Gasteiger partial charge on any atom is -0.487 e. The van der Waals surface area contributed by atoms with Crippen molar-refractivity contribution >= 4 is 29.2 Å². The molecule has 5 N–H and O–H groups in total. The molecule has 146 valence electrons. The Morgan fingerprint density at radius 3 is 2.37 bits per heavy atom. The number of carbonyl (C=O) groups is 3. The predicted octanol–water partition coefficient (Wildman–Crippen LogP) is 0.684. The number of nitrogens with zero attached hydrogens (tertiary/aromatic N) is 1. The first kappa shape index (κ1) is 20.0. The highest BCUT2D eigenvalue weighted by molar-refractivity contribution is 6.39. The van der Waals surface area contributed by atoms with Gasteiger partial charge in [-0.25, -0.2) is 10.2 Å². The number of hydrazine groups is 1. The number of hydrogen-bond donors (Lipinski definition) is 4. The van der Waals surface area contributed by atoms with Gasteiger partial charge in [0.1, 0.15) is 0 Å². The Bertz CT molecular complexity index is 778. The van der Waals surface area contributed by atoms with Gasteiger partial charge in [-0.15, -0.1) is 0 Å². The largest absolute Gasteiger partial charge is 0.487 e. The molecule has 0 spiro atoms. The number of ether oxygens (including phenoxy) is 1. The molecule has 1 aliphatic rings. The van der Waals surface area contributed by atoms with E-state index >= 15 is 0 Å². The van der Waals surface area contributed by atoms with Crippen molar-refractivity contribution in [2.24, 2.45) is 11.8 Å². The lowest BCUT2D eigenvalue weighted by Gasteiger charge is -2.27. The number of halogens is 1. The molecular weight excluding hydrogens is 367 g/mol. The molecule has 0 atom stereocenters. The minimum atomic E-state index is -1.39. The van der Waals surface area contributed by atoms with E-state index in [1.54, 1.807) is 5.32 Å². The molecule has 1 aromatic rings. The molecular formula is C15H17FN4O7. The number of nitrogens with two attached hydrogens (primary N) is 1. The Morgan fingerprint density at radius 1 is 1.22 bits per heavy atom. The van der Waals surface area contributed by atoms with Gasteiger partial charge in [-0.05, 0) is 31.7 Å². The number of anilines is 1. The fourth-order valence-corrected chi connectivity index (χ4v) is 2.75. The molecule has 0 unspecified atom stereocenters. The number of amides is 2. The van der Waals surface area contributed by atoms with E-state index in [0.29, 0.717) is 25.7 Å². The Hall–Kier alpha value is -3.28. The zero-order valence-corrected chi connectivity index (χ0v) is 13.9. The molecule has 0 heterocycles. The molecule has 27 heavy (non-hydrogen) atoms. The van der Waals surface area contributed by atoms with Gasteiger partial charge >= 0.3 is 17.8 Å². The summed E-state index contributed by atoms with van der Waals surface area (Å²) in [7, 11) is 0. The Kier molecular flexibility index (Phi) is 6.23. The van der Waals surface area contributed by atoms with Crippen LogP contribution in [0.3, 0.4) is 0 Å². The van der Waals surface area contributed by atoms with Crippen molar-refractivity contribution in [3.63, 3.8) is 0 Å². The second kappa shape index (κ2) is 8.40. The number of aliphatic carboxylic acids is 1. The van der Waals surface area contributed by atoms with Crippen molar-refractivity contribution in [3.05, 3.63) is 28.1 Å². The van der Waals surface area contributed by atoms with E-state index in [2.05, 4.69) is 0 Å². The summed E-state index contributed by atoms with van der Waals surface area (Å²) in [6.07, 6.45) is 0.964. The van der Waals surface area contributed by atoms with Crippen LogP contribution in [0.25, 0.3) is 0 Å². The first-order chi connectivity index (χ1) is 12.7. The van der Waals surface area contributed by atoms with Gasteiger partial charge in [-0.2, -0.15) is 0 Å². The SMILES string of the molecule is NNC(=O)C(=O)Nc1c([N+](=O)[O-])ccc(OC2CCC(C(=O)O)CC2)c1F. The Morgan fingerprint density at radius 2 is 1.85 bits per heavy atom. The Balaban J connectivity index is 2.22. The van der Waals surface area contributed by atoms with Crippen LogP contribution in [0.2, 0.25) is 0 Å². The van der Waals surface area contributed by atoms with E-state index in [1.165, 1.54) is 5.43 Å². The number of benzene rings is 1. The van der Waals surface area contributed by atoms with E-state index in [4.69, 9.17) is 15.7 Å². The van der Waals surface area contributed by atoms with Gasteiger partial charge < -0.3 is 15.2 Å². The molecule has 1 saturated carbocycles. The summed E-state index contributed by atoms with van der Waals surface area (Å²) >= 11 is 0. The van der Waals surface area contributed by atoms with Crippen molar-refractivity contribution in [2.75, 3.05) is 5.32 Å². The quantitative estimate of drug-likeness (QED) is 0.188. The third kappa shape index (κ3) is 4.67. The summed E-state index contributed by atoms with van der Waals surface area (Å²) in [5.41, 5.74) is -0.0750. The van der Waals surface area contributed by atoms with Crippen molar-refractivity contribution in [1.82, 2.24) is 5.43 Å². The minimum absolute atomic E-state index is 0.356. The van der Waals surface area contributed by atoms with Gasteiger partial charge in [0.2, 0.25) is 0 Å². The lowest BCUT2D eigenvalue weighted by molar-refractivity contribution is -0.384. The second-order valence-electron chi connectivity index (χ2n) is 5.89. The summed E-state index contributed by atoms with van der Waals surface area (Å²) in [5.74, 6) is -0.886. The normalized spacial score (nSPS) is 19.0. The second-order valence-corrected chi connectivity index (χ2v) is 5.89. The van der Waals surface area contributed by atoms with Gasteiger partial charge in [0, 0.05) is 6.07 Å². The molecule has 1 aliphatic carbocycles. The summed E-state index contributed by atoms with van der Waals surface area (Å²) in [6, 6.07) is 1.96. The smallest absolute Gasteiger partial charge is 0.323 e. The van der Waals surface area contributed by atoms with Crippen molar-refractivity contribution in [2.45, 2.75) is 31.8 Å². The molecule has 0 aromatic heterocycles. The van der Waals surface area contributed by atoms with Crippen molar-refractivity contribution in [3.8, 4) is 5.75 Å². The number of nitrogens with one attached hydrogen (secondary N) is 2. The molecule has 0 saturated heterocycles. The molecule has 2 rings (SSSR count). The van der Waals surface area contributed by atoms with E-state index in [0.717, 1.165) is 12.1 Å². The molecule has 0 bridgehead atoms. The molecule has 12 heteroatoms. The van der Waals surface area contributed by atoms with Crippen LogP contribution >= 0.6 is 0 Å². The van der Waals surface area contributed by atoms with Crippen LogP contribution in [0.5, 0.6) is 5.75 Å². The standard InChI is InChI=1S/C15H17FN4O7/c16-11-10(27-8-3-1-7(2-4-8)15(23)24)6-5-9(20(25)26)12(11)18-13(21)14(22)19-17/h5-8H,1-4,17H2,(H,18,21)(H,19,22)(H,23,24). The van der Waals surface area contributed by atoms with Gasteiger partial charge in [-0.1, -0.05) is 0 Å². The van der Waals surface area contributed by atoms with Crippen LogP contribution in [-0.2, 0) is 14.4 Å². The summed E-state index contributed by atoms with van der Waals surface area (Å²) in [5, 5.41) is 21.8. The monoisotopic (exact) mass is 384 g/mol. The number of carbonyl (C=O) groups excluding carboxylic acids is 2. The molecule has 2 amide bonds. The van der Waals surface area contributed by atoms with Crippen LogP contribution < -0.4 is 21.3 Å². The first-order valence-electron chi connectivity index (χ1n) is 7.92.